The average Bonchev–Trinajstić information content (AvgIpc) is 3.25. The van der Waals surface area contributed by atoms with E-state index in [-0.39, 0.29) is 35.4 Å². The summed E-state index contributed by atoms with van der Waals surface area (Å²) in [5, 5.41) is 37.4. The topological polar surface area (TPSA) is 138 Å². The molecule has 0 unspecified atom stereocenters. The van der Waals surface area contributed by atoms with Gasteiger partial charge in [-0.1, -0.05) is 36.6 Å². The molecule has 226 valence electrons. The lowest BCUT2D eigenvalue weighted by atomic mass is 9.46. The average molecular weight is 579 g/mol. The number of carbonyl (C=O) groups is 2. The minimum absolute atomic E-state index is 0.0651. The van der Waals surface area contributed by atoms with Crippen LogP contribution in [0.25, 0.3) is 0 Å². The number of esters is 1. The van der Waals surface area contributed by atoms with Gasteiger partial charge in [-0.3, -0.25) is 4.79 Å². The summed E-state index contributed by atoms with van der Waals surface area (Å²) >= 11 is 0. The maximum Gasteiger partial charge on any atom is 0.328 e. The van der Waals surface area contributed by atoms with Gasteiger partial charge >= 0.3 is 5.97 Å². The fourth-order valence-electron chi connectivity index (χ4n) is 8.57. The van der Waals surface area contributed by atoms with Gasteiger partial charge in [0.25, 0.3) is 5.91 Å². The van der Waals surface area contributed by atoms with Gasteiger partial charge in [0.1, 0.15) is 11.6 Å². The van der Waals surface area contributed by atoms with Gasteiger partial charge in [-0.05, 0) is 98.3 Å². The molecular weight excluding hydrogens is 536 g/mol. The number of methoxy groups -OCH3 is 1. The predicted octanol–water partition coefficient (Wildman–Crippen LogP) is 4.00. The summed E-state index contributed by atoms with van der Waals surface area (Å²) in [6, 6.07) is 3.20. The number of terminal acetylenes is 1. The molecule has 0 aromatic heterocycles. The number of oxime groups is 1. The molecule has 3 fully saturated rings. The molecule has 1 aromatic carbocycles. The standard InChI is InChI=1S/C33H42N2O7/c1-5-33(40)15-12-25-23-8-7-21-18-22(10-13-31(21,2)24(23)11-14-32(25,33)3)35-42-19-29(38)34-26(30(39)41-4)16-20-6-9-27(36)28(37)17-20/h1,6,9,17-18,23-26,36-37,40H,7-8,10-16,19H2,2-4H3,(H,34,38)/b35-22+/t23-,24+,25+,26-,31+,32+,33-/m1/s1. The molecule has 4 aliphatic rings. The zero-order valence-electron chi connectivity index (χ0n) is 24.7. The van der Waals surface area contributed by atoms with Crippen LogP contribution in [-0.2, 0) is 25.6 Å². The third kappa shape index (κ3) is 5.15. The van der Waals surface area contributed by atoms with Crippen molar-refractivity contribution < 1.29 is 34.5 Å². The van der Waals surface area contributed by atoms with Crippen LogP contribution < -0.4 is 5.32 Å². The lowest BCUT2D eigenvalue weighted by Gasteiger charge is -2.58. The lowest BCUT2D eigenvalue weighted by Crippen LogP contribution is -2.54. The van der Waals surface area contributed by atoms with Crippen molar-refractivity contribution in [1.29, 1.82) is 0 Å². The Morgan fingerprint density at radius 3 is 2.60 bits per heavy atom. The van der Waals surface area contributed by atoms with Crippen LogP contribution in [0.2, 0.25) is 0 Å². The summed E-state index contributed by atoms with van der Waals surface area (Å²) in [7, 11) is 1.23. The number of carbonyl (C=O) groups excluding carboxylic acids is 2. The van der Waals surface area contributed by atoms with Crippen LogP contribution in [0.15, 0.2) is 35.0 Å². The molecule has 4 N–H and O–H groups in total. The molecule has 3 saturated carbocycles. The maximum atomic E-state index is 12.6. The van der Waals surface area contributed by atoms with Gasteiger partial charge in [-0.15, -0.1) is 6.42 Å². The number of fused-ring (bicyclic) bond motifs is 5. The van der Waals surface area contributed by atoms with E-state index in [9.17, 15) is 24.9 Å². The monoisotopic (exact) mass is 578 g/mol. The van der Waals surface area contributed by atoms with Gasteiger partial charge in [0.2, 0.25) is 0 Å². The van der Waals surface area contributed by atoms with E-state index < -0.39 is 23.5 Å². The molecule has 42 heavy (non-hydrogen) atoms. The van der Waals surface area contributed by atoms with E-state index in [0.29, 0.717) is 29.7 Å². The molecule has 1 amide bonds. The number of aromatic hydroxyl groups is 2. The molecule has 0 saturated heterocycles. The summed E-state index contributed by atoms with van der Waals surface area (Å²) in [6.45, 7) is 4.23. The molecule has 1 aromatic rings. The number of aliphatic hydroxyl groups is 1. The molecule has 7 atom stereocenters. The number of amides is 1. The second-order valence-electron chi connectivity index (χ2n) is 13.0. The van der Waals surface area contributed by atoms with Crippen molar-refractivity contribution in [3.05, 3.63) is 35.4 Å². The largest absolute Gasteiger partial charge is 0.504 e. The van der Waals surface area contributed by atoms with Crippen molar-refractivity contribution in [2.75, 3.05) is 13.7 Å². The molecule has 0 spiro atoms. The summed E-state index contributed by atoms with van der Waals surface area (Å²) in [5.41, 5.74) is 1.60. The molecule has 0 bridgehead atoms. The Morgan fingerprint density at radius 1 is 1.12 bits per heavy atom. The van der Waals surface area contributed by atoms with Gasteiger partial charge < -0.3 is 30.2 Å². The van der Waals surface area contributed by atoms with E-state index in [1.807, 2.05) is 0 Å². The highest BCUT2D eigenvalue weighted by Gasteiger charge is 2.63. The van der Waals surface area contributed by atoms with Crippen LogP contribution in [0.4, 0.5) is 0 Å². The van der Waals surface area contributed by atoms with Crippen molar-refractivity contribution in [2.24, 2.45) is 33.7 Å². The predicted molar refractivity (Wildman–Crippen MR) is 156 cm³/mol. The highest BCUT2D eigenvalue weighted by molar-refractivity contribution is 5.96. The Hall–Kier alpha value is -3.51. The highest BCUT2D eigenvalue weighted by Crippen LogP contribution is 2.67. The van der Waals surface area contributed by atoms with Crippen LogP contribution in [-0.4, -0.2) is 58.3 Å². The van der Waals surface area contributed by atoms with Crippen molar-refractivity contribution in [3.63, 3.8) is 0 Å². The second kappa shape index (κ2) is 11.3. The Bertz CT molecular complexity index is 1350. The molecule has 9 heteroatoms. The lowest BCUT2D eigenvalue weighted by molar-refractivity contribution is -0.145. The molecule has 5 rings (SSSR count). The van der Waals surface area contributed by atoms with E-state index in [1.165, 1.54) is 24.8 Å². The van der Waals surface area contributed by atoms with Crippen molar-refractivity contribution in [3.8, 4) is 23.8 Å². The number of phenolic OH excluding ortho intramolecular Hbond substituents is 2. The third-order valence-corrected chi connectivity index (χ3v) is 11.0. The zero-order valence-corrected chi connectivity index (χ0v) is 24.7. The third-order valence-electron chi connectivity index (χ3n) is 11.0. The first kappa shape index (κ1) is 30.0. The summed E-state index contributed by atoms with van der Waals surface area (Å²) in [6.07, 6.45) is 15.5. The van der Waals surface area contributed by atoms with Crippen molar-refractivity contribution >= 4 is 17.6 Å². The smallest absolute Gasteiger partial charge is 0.328 e. The number of ether oxygens (including phenoxy) is 1. The number of benzene rings is 1. The van der Waals surface area contributed by atoms with Gasteiger partial charge in [0, 0.05) is 11.8 Å². The quantitative estimate of drug-likeness (QED) is 0.166. The number of hydrogen-bond acceptors (Lipinski definition) is 8. The second-order valence-corrected chi connectivity index (χ2v) is 13.0. The molecule has 0 heterocycles. The molecule has 0 radical (unpaired) electrons. The first-order valence-electron chi connectivity index (χ1n) is 14.9. The van der Waals surface area contributed by atoms with Crippen LogP contribution in [0.3, 0.4) is 0 Å². The van der Waals surface area contributed by atoms with Crippen LogP contribution in [0, 0.1) is 40.9 Å². The fourth-order valence-corrected chi connectivity index (χ4v) is 8.57. The summed E-state index contributed by atoms with van der Waals surface area (Å²) in [4.78, 5) is 30.3. The van der Waals surface area contributed by atoms with E-state index >= 15 is 0 Å². The number of phenols is 2. The molecular formula is C33H42N2O7. The molecule has 4 aliphatic carbocycles. The number of allylic oxidation sites excluding steroid dienone is 2. The Kier molecular flexibility index (Phi) is 8.06. The molecule has 0 aliphatic heterocycles. The normalized spacial score (nSPS) is 35.1. The minimum atomic E-state index is -0.999. The van der Waals surface area contributed by atoms with Crippen molar-refractivity contribution in [2.45, 2.75) is 83.3 Å². The van der Waals surface area contributed by atoms with Gasteiger partial charge in [-0.2, -0.15) is 0 Å². The molecule has 9 nitrogen and oxygen atoms in total. The van der Waals surface area contributed by atoms with E-state index in [0.717, 1.165) is 50.7 Å². The SMILES string of the molecule is C#C[C@@]1(O)CC[C@H]2[C@@H]3CCC4=C/C(=N/OCC(=O)N[C@H](Cc5ccc(O)c(O)c5)C(=O)OC)CC[C@]4(C)[C@H]3CC[C@@]21C. The van der Waals surface area contributed by atoms with Crippen LogP contribution in [0.1, 0.15) is 70.8 Å². The van der Waals surface area contributed by atoms with Gasteiger partial charge in [0.15, 0.2) is 18.1 Å². The minimum Gasteiger partial charge on any atom is -0.504 e. The number of nitrogens with one attached hydrogen (secondary N) is 1. The fraction of sp³-hybridized carbons (Fsp3) is 0.606. The Balaban J connectivity index is 1.20. The van der Waals surface area contributed by atoms with E-state index in [2.05, 4.69) is 36.3 Å². The first-order chi connectivity index (χ1) is 19.9. The zero-order chi connectivity index (χ0) is 30.3. The number of nitrogens with zero attached hydrogens (tertiary/aromatic N) is 1. The van der Waals surface area contributed by atoms with E-state index in [1.54, 1.807) is 6.07 Å². The van der Waals surface area contributed by atoms with Crippen LogP contribution in [0.5, 0.6) is 11.5 Å². The summed E-state index contributed by atoms with van der Waals surface area (Å²) in [5.74, 6) is 2.55. The Morgan fingerprint density at radius 2 is 1.88 bits per heavy atom. The van der Waals surface area contributed by atoms with Gasteiger partial charge in [-0.25, -0.2) is 4.79 Å². The maximum absolute atomic E-state index is 12.6. The first-order valence-corrected chi connectivity index (χ1v) is 14.9. The number of rotatable bonds is 7. The number of hydrogen-bond donors (Lipinski definition) is 4. The van der Waals surface area contributed by atoms with Crippen molar-refractivity contribution in [1.82, 2.24) is 5.32 Å². The van der Waals surface area contributed by atoms with Gasteiger partial charge in [0.05, 0.1) is 12.8 Å². The summed E-state index contributed by atoms with van der Waals surface area (Å²) < 4.78 is 4.82. The van der Waals surface area contributed by atoms with E-state index in [4.69, 9.17) is 16.0 Å². The Labute approximate surface area is 247 Å². The highest BCUT2D eigenvalue weighted by atomic mass is 16.6. The van der Waals surface area contributed by atoms with Crippen LogP contribution >= 0.6 is 0 Å².